The van der Waals surface area contributed by atoms with Gasteiger partial charge in [0, 0.05) is 12.1 Å². The number of aryl methyl sites for hydroxylation is 2. The number of halogens is 2. The predicted molar refractivity (Wildman–Crippen MR) is 132 cm³/mol. The van der Waals surface area contributed by atoms with Crippen LogP contribution in [0.1, 0.15) is 38.5 Å². The highest BCUT2D eigenvalue weighted by Gasteiger charge is 2.15. The Balaban J connectivity index is 0.00000228. The molecule has 4 rings (SSSR count). The average molecular weight is 752 g/mol. The topological polar surface area (TPSA) is 77.8 Å². The number of nitrogens with zero attached hydrogens (tertiary/aromatic N) is 6. The molecule has 0 saturated heterocycles. The first-order chi connectivity index (χ1) is 16.7. The summed E-state index contributed by atoms with van der Waals surface area (Å²) in [6, 6.07) is 8.06. The first-order valence-corrected chi connectivity index (χ1v) is 13.0. The lowest BCUT2D eigenvalue weighted by atomic mass is 10.1. The molecular formula is C24H30I2N6O2S2. The van der Waals surface area contributed by atoms with E-state index < -0.39 is 0 Å². The van der Waals surface area contributed by atoms with Crippen LogP contribution >= 0.6 is 23.5 Å². The molecule has 0 aromatic carbocycles. The molecule has 4 aromatic rings. The largest absolute Gasteiger partial charge is 1.00 e. The molecule has 36 heavy (non-hydrogen) atoms. The van der Waals surface area contributed by atoms with Gasteiger partial charge < -0.3 is 57.4 Å². The number of hydrogen-bond donors (Lipinski definition) is 0. The summed E-state index contributed by atoms with van der Waals surface area (Å²) in [6.07, 6.45) is 14.7. The molecule has 0 aliphatic heterocycles. The highest BCUT2D eigenvalue weighted by Crippen LogP contribution is 2.28. The summed E-state index contributed by atoms with van der Waals surface area (Å²) in [5, 5.41) is 0. The SMILES string of the molecule is C[n+]1cccc(-c2nsnc2OCCCCCCCCOc2nsnc2-c2ccc[n+](C)c2)c1.[I-].[I-]. The van der Waals surface area contributed by atoms with Gasteiger partial charge in [-0.05, 0) is 25.0 Å². The van der Waals surface area contributed by atoms with E-state index in [4.69, 9.17) is 9.47 Å². The van der Waals surface area contributed by atoms with Gasteiger partial charge in [0.25, 0.3) is 11.8 Å². The van der Waals surface area contributed by atoms with Gasteiger partial charge in [0.1, 0.15) is 14.1 Å². The van der Waals surface area contributed by atoms with Crippen LogP contribution in [0.25, 0.3) is 22.5 Å². The fraction of sp³-hybridized carbons (Fsp3) is 0.417. The maximum Gasteiger partial charge on any atom is 0.254 e. The zero-order chi connectivity index (χ0) is 23.6. The van der Waals surface area contributed by atoms with Crippen LogP contribution in [-0.4, -0.2) is 30.7 Å². The van der Waals surface area contributed by atoms with Crippen molar-refractivity contribution in [2.24, 2.45) is 14.1 Å². The maximum atomic E-state index is 5.91. The van der Waals surface area contributed by atoms with Gasteiger partial charge in [-0.25, -0.2) is 9.13 Å². The van der Waals surface area contributed by atoms with Crippen LogP contribution in [0.15, 0.2) is 49.1 Å². The van der Waals surface area contributed by atoms with Crippen LogP contribution in [-0.2, 0) is 14.1 Å². The summed E-state index contributed by atoms with van der Waals surface area (Å²) >= 11 is 2.38. The summed E-state index contributed by atoms with van der Waals surface area (Å²) in [7, 11) is 3.99. The first kappa shape index (κ1) is 30.7. The normalized spacial score (nSPS) is 10.4. The molecule has 0 aliphatic carbocycles. The molecule has 194 valence electrons. The number of unbranched alkanes of at least 4 members (excludes halogenated alkanes) is 5. The van der Waals surface area contributed by atoms with Crippen molar-refractivity contribution in [1.29, 1.82) is 0 Å². The number of pyridine rings is 2. The lowest BCUT2D eigenvalue weighted by molar-refractivity contribution is -0.671. The summed E-state index contributed by atoms with van der Waals surface area (Å²) < 4.78 is 33.2. The summed E-state index contributed by atoms with van der Waals surface area (Å²) in [5.74, 6) is 1.27. The summed E-state index contributed by atoms with van der Waals surface area (Å²) in [4.78, 5) is 0. The molecule has 0 radical (unpaired) electrons. The van der Waals surface area contributed by atoms with E-state index in [0.717, 1.165) is 48.2 Å². The van der Waals surface area contributed by atoms with Crippen molar-refractivity contribution in [3.63, 3.8) is 0 Å². The van der Waals surface area contributed by atoms with Crippen LogP contribution < -0.4 is 66.6 Å². The van der Waals surface area contributed by atoms with Crippen molar-refractivity contribution in [3.8, 4) is 34.3 Å². The molecule has 0 amide bonds. The van der Waals surface area contributed by atoms with Gasteiger partial charge in [-0.15, -0.1) is 8.75 Å². The monoisotopic (exact) mass is 752 g/mol. The Morgan fingerprint density at radius 3 is 1.47 bits per heavy atom. The number of aromatic nitrogens is 6. The molecule has 0 fully saturated rings. The smallest absolute Gasteiger partial charge is 0.254 e. The van der Waals surface area contributed by atoms with Crippen LogP contribution in [0.2, 0.25) is 0 Å². The minimum Gasteiger partial charge on any atom is -1.00 e. The Labute approximate surface area is 254 Å². The van der Waals surface area contributed by atoms with E-state index in [0.29, 0.717) is 25.0 Å². The first-order valence-electron chi connectivity index (χ1n) is 11.5. The molecule has 0 atom stereocenters. The second kappa shape index (κ2) is 16.3. The Bertz CT molecular complexity index is 1100. The molecule has 0 unspecified atom stereocenters. The Morgan fingerprint density at radius 2 is 1.06 bits per heavy atom. The van der Waals surface area contributed by atoms with E-state index in [1.165, 1.54) is 36.3 Å². The summed E-state index contributed by atoms with van der Waals surface area (Å²) in [5.41, 5.74) is 3.69. The fourth-order valence-electron chi connectivity index (χ4n) is 3.61. The van der Waals surface area contributed by atoms with Gasteiger partial charge in [-0.3, -0.25) is 0 Å². The molecule has 0 saturated carbocycles. The standard InChI is InChI=1S/C24H30N6O2S2.2HI/c1-29-13-9-11-19(17-29)21-23(27-33-25-21)31-15-7-5-3-4-6-8-16-32-24-22(26-34-28-24)20-12-10-14-30(2)18-20;;/h9-14,17-18H,3-8,15-16H2,1-2H3;2*1H/q+2;;/p-2. The molecule has 0 N–H and O–H groups in total. The van der Waals surface area contributed by atoms with Crippen LogP contribution in [0.4, 0.5) is 0 Å². The molecule has 0 aliphatic rings. The fourth-order valence-corrected chi connectivity index (χ4v) is 4.65. The van der Waals surface area contributed by atoms with E-state index in [-0.39, 0.29) is 48.0 Å². The van der Waals surface area contributed by atoms with E-state index in [2.05, 4.69) is 17.5 Å². The van der Waals surface area contributed by atoms with E-state index >= 15 is 0 Å². The van der Waals surface area contributed by atoms with E-state index in [1.807, 2.05) is 72.3 Å². The van der Waals surface area contributed by atoms with Crippen molar-refractivity contribution >= 4 is 23.5 Å². The maximum absolute atomic E-state index is 5.91. The molecule has 4 aromatic heterocycles. The van der Waals surface area contributed by atoms with Gasteiger partial charge in [0.2, 0.25) is 0 Å². The van der Waals surface area contributed by atoms with E-state index in [9.17, 15) is 0 Å². The predicted octanol–water partition coefficient (Wildman–Crippen LogP) is -1.82. The minimum atomic E-state index is 0. The van der Waals surface area contributed by atoms with Gasteiger partial charge in [0.05, 0.1) is 47.8 Å². The molecule has 12 heteroatoms. The van der Waals surface area contributed by atoms with Crippen LogP contribution in [0.5, 0.6) is 11.8 Å². The second-order valence-corrected chi connectivity index (χ2v) is 9.23. The van der Waals surface area contributed by atoms with Crippen molar-refractivity contribution in [1.82, 2.24) is 17.5 Å². The molecule has 0 spiro atoms. The van der Waals surface area contributed by atoms with Crippen molar-refractivity contribution in [3.05, 3.63) is 49.1 Å². The number of rotatable bonds is 13. The lowest BCUT2D eigenvalue weighted by Gasteiger charge is -2.06. The zero-order valence-electron chi connectivity index (χ0n) is 20.3. The minimum absolute atomic E-state index is 0. The quantitative estimate of drug-likeness (QED) is 0.0911. The van der Waals surface area contributed by atoms with Crippen LogP contribution in [0.3, 0.4) is 0 Å². The van der Waals surface area contributed by atoms with E-state index in [1.54, 1.807) is 0 Å². The van der Waals surface area contributed by atoms with Gasteiger partial charge in [0.15, 0.2) is 36.2 Å². The van der Waals surface area contributed by atoms with Crippen LogP contribution in [0, 0.1) is 0 Å². The Kier molecular flexibility index (Phi) is 13.9. The lowest BCUT2D eigenvalue weighted by Crippen LogP contribution is -3.00. The van der Waals surface area contributed by atoms with Crippen molar-refractivity contribution < 1.29 is 66.6 Å². The second-order valence-electron chi connectivity index (χ2n) is 8.17. The van der Waals surface area contributed by atoms with Gasteiger partial charge in [-0.1, -0.05) is 25.7 Å². The molecule has 4 heterocycles. The molecular weight excluding hydrogens is 722 g/mol. The highest BCUT2D eigenvalue weighted by molar-refractivity contribution is 6.99. The third-order valence-electron chi connectivity index (χ3n) is 5.36. The highest BCUT2D eigenvalue weighted by atomic mass is 127. The Hall–Kier alpha value is -1.52. The average Bonchev–Trinajstić information content (AvgIpc) is 3.50. The number of ether oxygens (including phenoxy) is 2. The number of hydrogen-bond acceptors (Lipinski definition) is 8. The third-order valence-corrected chi connectivity index (χ3v) is 6.38. The third kappa shape index (κ3) is 9.10. The Morgan fingerprint density at radius 1 is 0.639 bits per heavy atom. The van der Waals surface area contributed by atoms with Gasteiger partial charge >= 0.3 is 0 Å². The zero-order valence-corrected chi connectivity index (χ0v) is 26.3. The molecule has 8 nitrogen and oxygen atoms in total. The van der Waals surface area contributed by atoms with Crippen molar-refractivity contribution in [2.45, 2.75) is 38.5 Å². The van der Waals surface area contributed by atoms with Gasteiger partial charge in [-0.2, -0.15) is 8.75 Å². The van der Waals surface area contributed by atoms with Crippen molar-refractivity contribution in [2.75, 3.05) is 13.2 Å². The molecule has 0 bridgehead atoms. The summed E-state index contributed by atoms with van der Waals surface area (Å²) in [6.45, 7) is 1.33.